The van der Waals surface area contributed by atoms with Crippen molar-refractivity contribution in [2.45, 2.75) is 19.3 Å². The highest BCUT2D eigenvalue weighted by Gasteiger charge is 2.36. The molecule has 11 rings (SSSR count). The van der Waals surface area contributed by atoms with Crippen LogP contribution in [0.1, 0.15) is 25.0 Å². The summed E-state index contributed by atoms with van der Waals surface area (Å²) in [6.45, 7) is 4.73. The summed E-state index contributed by atoms with van der Waals surface area (Å²) >= 11 is 1.87. The number of thiophene rings is 1. The molecule has 226 valence electrons. The van der Waals surface area contributed by atoms with Crippen LogP contribution in [0.4, 0.5) is 0 Å². The standard InChI is InChI=1S/C45H29NOS/c1-45(2)37-18-6-3-11-27(37)34-24-35-28-12-4-7-19-39(28)46(40(35)25-38(34)45)26-21-22-42-36(23-26)33-17-10-16-32(44(33)48-42)31-15-9-14-30-29-13-5-8-20-41(29)47-43(30)31/h3-25H,1-2H3. The highest BCUT2D eigenvalue weighted by atomic mass is 32.1. The highest BCUT2D eigenvalue weighted by molar-refractivity contribution is 7.26. The molecule has 0 saturated heterocycles. The molecule has 0 amide bonds. The number of hydrogen-bond donors (Lipinski definition) is 0. The fourth-order valence-corrected chi connectivity index (χ4v) is 9.75. The first kappa shape index (κ1) is 26.4. The normalized spacial score (nSPS) is 13.8. The monoisotopic (exact) mass is 631 g/mol. The van der Waals surface area contributed by atoms with E-state index in [9.17, 15) is 0 Å². The van der Waals surface area contributed by atoms with Gasteiger partial charge in [0.1, 0.15) is 11.2 Å². The van der Waals surface area contributed by atoms with Crippen molar-refractivity contribution in [3.63, 3.8) is 0 Å². The molecule has 2 nitrogen and oxygen atoms in total. The van der Waals surface area contributed by atoms with Crippen LogP contribution in [-0.4, -0.2) is 4.57 Å². The van der Waals surface area contributed by atoms with Gasteiger partial charge in [-0.05, 0) is 64.7 Å². The Labute approximate surface area is 281 Å². The van der Waals surface area contributed by atoms with Gasteiger partial charge in [0.05, 0.1) is 11.0 Å². The van der Waals surface area contributed by atoms with Crippen molar-refractivity contribution in [1.29, 1.82) is 0 Å². The predicted molar refractivity (Wildman–Crippen MR) is 204 cm³/mol. The van der Waals surface area contributed by atoms with Gasteiger partial charge in [-0.2, -0.15) is 0 Å². The lowest BCUT2D eigenvalue weighted by Crippen LogP contribution is -2.14. The van der Waals surface area contributed by atoms with Crippen LogP contribution in [0.15, 0.2) is 144 Å². The molecule has 0 fully saturated rings. The number of fused-ring (bicyclic) bond motifs is 12. The van der Waals surface area contributed by atoms with Crippen molar-refractivity contribution in [3.8, 4) is 27.9 Å². The maximum Gasteiger partial charge on any atom is 0.143 e. The summed E-state index contributed by atoms with van der Waals surface area (Å²) in [6, 6.07) is 51.3. The minimum absolute atomic E-state index is 0.0615. The number of benzene rings is 7. The van der Waals surface area contributed by atoms with E-state index in [0.717, 1.165) is 27.5 Å². The second-order valence-electron chi connectivity index (χ2n) is 13.7. The molecule has 0 atom stereocenters. The lowest BCUT2D eigenvalue weighted by Gasteiger charge is -2.21. The van der Waals surface area contributed by atoms with Gasteiger partial charge >= 0.3 is 0 Å². The van der Waals surface area contributed by atoms with Gasteiger partial charge in [-0.15, -0.1) is 11.3 Å². The van der Waals surface area contributed by atoms with Gasteiger partial charge < -0.3 is 8.98 Å². The predicted octanol–water partition coefficient (Wildman–Crippen LogP) is 13.0. The van der Waals surface area contributed by atoms with Gasteiger partial charge in [-0.3, -0.25) is 0 Å². The topological polar surface area (TPSA) is 18.1 Å². The summed E-state index contributed by atoms with van der Waals surface area (Å²) in [6.07, 6.45) is 0. The number of hydrogen-bond acceptors (Lipinski definition) is 2. The molecular weight excluding hydrogens is 603 g/mol. The van der Waals surface area contributed by atoms with Crippen LogP contribution < -0.4 is 0 Å². The van der Waals surface area contributed by atoms with Crippen molar-refractivity contribution in [3.05, 3.63) is 151 Å². The first-order valence-electron chi connectivity index (χ1n) is 16.6. The zero-order chi connectivity index (χ0) is 31.7. The third kappa shape index (κ3) is 3.36. The zero-order valence-electron chi connectivity index (χ0n) is 26.5. The van der Waals surface area contributed by atoms with Crippen molar-refractivity contribution in [1.82, 2.24) is 4.57 Å². The van der Waals surface area contributed by atoms with Crippen LogP contribution in [0.5, 0.6) is 0 Å². The Morgan fingerprint density at radius 3 is 2.15 bits per heavy atom. The van der Waals surface area contributed by atoms with Crippen LogP contribution >= 0.6 is 11.3 Å². The Morgan fingerprint density at radius 1 is 0.500 bits per heavy atom. The van der Waals surface area contributed by atoms with Gasteiger partial charge in [0, 0.05) is 63.9 Å². The van der Waals surface area contributed by atoms with Gasteiger partial charge in [0.2, 0.25) is 0 Å². The molecule has 0 bridgehead atoms. The van der Waals surface area contributed by atoms with Crippen LogP contribution in [0.2, 0.25) is 0 Å². The van der Waals surface area contributed by atoms with Crippen LogP contribution in [-0.2, 0) is 5.41 Å². The summed E-state index contributed by atoms with van der Waals surface area (Å²) in [4.78, 5) is 0. The van der Waals surface area contributed by atoms with Gasteiger partial charge in [-0.1, -0.05) is 111 Å². The van der Waals surface area contributed by atoms with Crippen LogP contribution in [0.25, 0.3) is 91.9 Å². The van der Waals surface area contributed by atoms with Crippen molar-refractivity contribution < 1.29 is 4.42 Å². The Balaban J connectivity index is 1.15. The number of nitrogens with zero attached hydrogens (tertiary/aromatic N) is 1. The molecule has 0 spiro atoms. The lowest BCUT2D eigenvalue weighted by molar-refractivity contribution is 0.661. The van der Waals surface area contributed by atoms with Gasteiger partial charge in [-0.25, -0.2) is 0 Å². The minimum Gasteiger partial charge on any atom is -0.455 e. The van der Waals surface area contributed by atoms with E-state index in [4.69, 9.17) is 4.42 Å². The van der Waals surface area contributed by atoms with Crippen molar-refractivity contribution in [2.24, 2.45) is 0 Å². The summed E-state index contributed by atoms with van der Waals surface area (Å²) in [7, 11) is 0. The molecule has 3 aromatic heterocycles. The molecule has 10 aromatic rings. The highest BCUT2D eigenvalue weighted by Crippen LogP contribution is 2.51. The molecule has 0 aliphatic heterocycles. The summed E-state index contributed by atoms with van der Waals surface area (Å²) in [5.74, 6) is 0. The number of furan rings is 1. The molecule has 3 heterocycles. The quantitative estimate of drug-likeness (QED) is 0.186. The van der Waals surface area contributed by atoms with E-state index >= 15 is 0 Å². The van der Waals surface area contributed by atoms with Crippen LogP contribution in [0, 0.1) is 0 Å². The average molecular weight is 632 g/mol. The third-order valence-electron chi connectivity index (χ3n) is 10.8. The molecule has 0 unspecified atom stereocenters. The Kier molecular flexibility index (Phi) is 5.09. The fraction of sp³-hybridized carbons (Fsp3) is 0.0667. The molecule has 3 heteroatoms. The molecule has 48 heavy (non-hydrogen) atoms. The summed E-state index contributed by atoms with van der Waals surface area (Å²) in [5.41, 5.74) is 13.4. The smallest absolute Gasteiger partial charge is 0.143 e. The van der Waals surface area contributed by atoms with Crippen molar-refractivity contribution >= 4 is 75.3 Å². The molecule has 0 N–H and O–H groups in total. The van der Waals surface area contributed by atoms with E-state index in [2.05, 4.69) is 152 Å². The van der Waals surface area contributed by atoms with E-state index in [1.807, 2.05) is 17.4 Å². The van der Waals surface area contributed by atoms with E-state index < -0.39 is 0 Å². The molecule has 7 aromatic carbocycles. The largest absolute Gasteiger partial charge is 0.455 e. The summed E-state index contributed by atoms with van der Waals surface area (Å²) in [5, 5.41) is 7.47. The van der Waals surface area contributed by atoms with Gasteiger partial charge in [0.15, 0.2) is 0 Å². The van der Waals surface area contributed by atoms with E-state index in [-0.39, 0.29) is 5.41 Å². The third-order valence-corrected chi connectivity index (χ3v) is 12.0. The average Bonchev–Trinajstić information content (AvgIpc) is 3.84. The minimum atomic E-state index is -0.0615. The zero-order valence-corrected chi connectivity index (χ0v) is 27.4. The number of rotatable bonds is 2. The maximum absolute atomic E-state index is 6.48. The van der Waals surface area contributed by atoms with Crippen LogP contribution in [0.3, 0.4) is 0 Å². The molecule has 0 radical (unpaired) electrons. The maximum atomic E-state index is 6.48. The first-order chi connectivity index (χ1) is 23.6. The Bertz CT molecular complexity index is 2990. The molecule has 1 aliphatic rings. The number of aromatic nitrogens is 1. The SMILES string of the molecule is CC1(C)c2ccccc2-c2cc3c4ccccc4n(-c4ccc5sc6c(-c7cccc8c7oc7ccccc78)cccc6c5c4)c3cc21. The molecular formula is C45H29NOS. The molecule has 0 saturated carbocycles. The Hall–Kier alpha value is -5.64. The van der Waals surface area contributed by atoms with Gasteiger partial charge in [0.25, 0.3) is 0 Å². The van der Waals surface area contributed by atoms with E-state index in [1.54, 1.807) is 0 Å². The fourth-order valence-electron chi connectivity index (χ4n) is 8.54. The summed E-state index contributed by atoms with van der Waals surface area (Å²) < 4.78 is 11.5. The first-order valence-corrected chi connectivity index (χ1v) is 17.4. The second kappa shape index (κ2) is 9.25. The van der Waals surface area contributed by atoms with E-state index in [0.29, 0.717) is 0 Å². The van der Waals surface area contributed by atoms with E-state index in [1.165, 1.54) is 75.5 Å². The number of para-hydroxylation sites is 3. The Morgan fingerprint density at radius 2 is 1.23 bits per heavy atom. The van der Waals surface area contributed by atoms with Crippen molar-refractivity contribution in [2.75, 3.05) is 0 Å². The molecule has 1 aliphatic carbocycles. The lowest BCUT2D eigenvalue weighted by atomic mass is 9.82. The second-order valence-corrected chi connectivity index (χ2v) is 14.7.